The number of aromatic nitrogens is 2. The number of hydrogen-bond acceptors (Lipinski definition) is 3. The third kappa shape index (κ3) is 2.11. The molecule has 3 atom stereocenters. The molecule has 0 spiro atoms. The second-order valence-corrected chi connectivity index (χ2v) is 6.04. The molecule has 0 saturated heterocycles. The number of fused-ring (bicyclic) bond motifs is 1. The Bertz CT molecular complexity index is 476. The van der Waals surface area contributed by atoms with Gasteiger partial charge in [0.1, 0.15) is 0 Å². The molecule has 1 aliphatic rings. The molecule has 1 N–H and O–H groups in total. The van der Waals surface area contributed by atoms with Crippen LogP contribution in [0.4, 0.5) is 0 Å². The normalized spacial score (nSPS) is 26.7. The zero-order valence-corrected chi connectivity index (χ0v) is 10.9. The molecule has 3 rings (SSSR count). The van der Waals surface area contributed by atoms with Crippen molar-refractivity contribution >= 4 is 16.3 Å². The van der Waals surface area contributed by atoms with E-state index in [4.69, 9.17) is 0 Å². The molecule has 0 amide bonds. The third-order valence-electron chi connectivity index (χ3n) is 3.98. The molecule has 2 aromatic heterocycles. The average molecular weight is 250 g/mol. The van der Waals surface area contributed by atoms with Crippen LogP contribution in [0, 0.1) is 11.8 Å². The number of hydrogen-bond donors (Lipinski definition) is 1. The van der Waals surface area contributed by atoms with Gasteiger partial charge in [-0.15, -0.1) is 11.3 Å². The van der Waals surface area contributed by atoms with E-state index in [9.17, 15) is 5.11 Å². The predicted octanol–water partition coefficient (Wildman–Crippen LogP) is 2.74. The van der Waals surface area contributed by atoms with Gasteiger partial charge < -0.3 is 5.11 Å². The molecule has 0 aromatic carbocycles. The Hall–Kier alpha value is -0.870. The minimum absolute atomic E-state index is 0.225. The first-order chi connectivity index (χ1) is 8.24. The van der Waals surface area contributed by atoms with Gasteiger partial charge in [-0.05, 0) is 18.3 Å². The first kappa shape index (κ1) is 11.2. The zero-order valence-electron chi connectivity index (χ0n) is 10.0. The van der Waals surface area contributed by atoms with Crippen molar-refractivity contribution in [3.05, 3.63) is 23.5 Å². The molecule has 1 aliphatic carbocycles. The minimum Gasteiger partial charge on any atom is -0.392 e. The molecule has 0 bridgehead atoms. The smallest absolute Gasteiger partial charge is 0.193 e. The number of aliphatic hydroxyl groups excluding tert-OH is 1. The Morgan fingerprint density at radius 3 is 3.18 bits per heavy atom. The lowest BCUT2D eigenvalue weighted by atomic mass is 9.90. The highest BCUT2D eigenvalue weighted by atomic mass is 32.1. The SMILES string of the molecule is CC1CCCC1C(O)Cc1cn2ccsc2n1. The highest BCUT2D eigenvalue weighted by Crippen LogP contribution is 2.34. The summed E-state index contributed by atoms with van der Waals surface area (Å²) in [5, 5.41) is 12.3. The van der Waals surface area contributed by atoms with Crippen molar-refractivity contribution in [1.82, 2.24) is 9.38 Å². The fraction of sp³-hybridized carbons (Fsp3) is 0.615. The lowest BCUT2D eigenvalue weighted by Gasteiger charge is -2.21. The summed E-state index contributed by atoms with van der Waals surface area (Å²) in [6, 6.07) is 0. The van der Waals surface area contributed by atoms with E-state index in [-0.39, 0.29) is 6.10 Å². The van der Waals surface area contributed by atoms with Crippen molar-refractivity contribution in [2.45, 2.75) is 38.7 Å². The van der Waals surface area contributed by atoms with Crippen LogP contribution in [-0.2, 0) is 6.42 Å². The zero-order chi connectivity index (χ0) is 11.8. The highest BCUT2D eigenvalue weighted by molar-refractivity contribution is 7.15. The quantitative estimate of drug-likeness (QED) is 0.909. The van der Waals surface area contributed by atoms with E-state index in [1.807, 2.05) is 22.2 Å². The van der Waals surface area contributed by atoms with Gasteiger partial charge in [-0.1, -0.05) is 19.8 Å². The Morgan fingerprint density at radius 2 is 2.47 bits per heavy atom. The van der Waals surface area contributed by atoms with Crippen molar-refractivity contribution in [3.8, 4) is 0 Å². The largest absolute Gasteiger partial charge is 0.392 e. The molecule has 0 aliphatic heterocycles. The molecule has 17 heavy (non-hydrogen) atoms. The average Bonchev–Trinajstić information content (AvgIpc) is 2.92. The predicted molar refractivity (Wildman–Crippen MR) is 69.3 cm³/mol. The lowest BCUT2D eigenvalue weighted by Crippen LogP contribution is -2.24. The molecular weight excluding hydrogens is 232 g/mol. The Kier molecular flexibility index (Phi) is 2.92. The molecule has 4 heteroatoms. The Morgan fingerprint density at radius 1 is 1.59 bits per heavy atom. The first-order valence-corrected chi connectivity index (χ1v) is 7.21. The van der Waals surface area contributed by atoms with Gasteiger partial charge in [-0.3, -0.25) is 4.40 Å². The molecule has 2 heterocycles. The topological polar surface area (TPSA) is 37.5 Å². The van der Waals surface area contributed by atoms with E-state index in [0.717, 1.165) is 10.7 Å². The fourth-order valence-corrected chi connectivity index (χ4v) is 3.70. The van der Waals surface area contributed by atoms with Gasteiger partial charge in [0.25, 0.3) is 0 Å². The van der Waals surface area contributed by atoms with Crippen LogP contribution < -0.4 is 0 Å². The van der Waals surface area contributed by atoms with E-state index < -0.39 is 0 Å². The highest BCUT2D eigenvalue weighted by Gasteiger charge is 2.30. The van der Waals surface area contributed by atoms with Crippen LogP contribution in [0.2, 0.25) is 0 Å². The van der Waals surface area contributed by atoms with E-state index in [1.54, 1.807) is 11.3 Å². The van der Waals surface area contributed by atoms with Crippen molar-refractivity contribution in [2.24, 2.45) is 11.8 Å². The molecule has 3 nitrogen and oxygen atoms in total. The summed E-state index contributed by atoms with van der Waals surface area (Å²) in [6.45, 7) is 2.26. The van der Waals surface area contributed by atoms with Gasteiger partial charge in [-0.2, -0.15) is 0 Å². The number of aliphatic hydroxyl groups is 1. The van der Waals surface area contributed by atoms with Gasteiger partial charge in [0.2, 0.25) is 0 Å². The van der Waals surface area contributed by atoms with Gasteiger partial charge in [0, 0.05) is 24.2 Å². The second-order valence-electron chi connectivity index (χ2n) is 5.17. The molecule has 92 valence electrons. The Labute approximate surface area is 105 Å². The van der Waals surface area contributed by atoms with Gasteiger partial charge >= 0.3 is 0 Å². The molecular formula is C13H18N2OS. The summed E-state index contributed by atoms with van der Waals surface area (Å²) < 4.78 is 2.03. The number of imidazole rings is 1. The van der Waals surface area contributed by atoms with Crippen LogP contribution in [-0.4, -0.2) is 20.6 Å². The number of nitrogens with zero attached hydrogens (tertiary/aromatic N) is 2. The van der Waals surface area contributed by atoms with E-state index in [2.05, 4.69) is 11.9 Å². The molecule has 0 radical (unpaired) electrons. The maximum atomic E-state index is 10.3. The summed E-state index contributed by atoms with van der Waals surface area (Å²) in [5.74, 6) is 1.13. The van der Waals surface area contributed by atoms with Crippen LogP contribution in [0.15, 0.2) is 17.8 Å². The van der Waals surface area contributed by atoms with Crippen molar-refractivity contribution < 1.29 is 5.11 Å². The molecule has 2 aromatic rings. The summed E-state index contributed by atoms with van der Waals surface area (Å²) in [7, 11) is 0. The maximum Gasteiger partial charge on any atom is 0.193 e. The standard InChI is InChI=1S/C13H18N2OS/c1-9-3-2-4-11(9)12(16)7-10-8-15-5-6-17-13(15)14-10/h5-6,8-9,11-12,16H,2-4,7H2,1H3. The van der Waals surface area contributed by atoms with E-state index in [1.165, 1.54) is 19.3 Å². The van der Waals surface area contributed by atoms with Gasteiger partial charge in [0.05, 0.1) is 11.8 Å². The minimum atomic E-state index is -0.225. The van der Waals surface area contributed by atoms with Crippen molar-refractivity contribution in [2.75, 3.05) is 0 Å². The van der Waals surface area contributed by atoms with Crippen molar-refractivity contribution in [1.29, 1.82) is 0 Å². The van der Waals surface area contributed by atoms with Crippen molar-refractivity contribution in [3.63, 3.8) is 0 Å². The summed E-state index contributed by atoms with van der Waals surface area (Å²) >= 11 is 1.64. The van der Waals surface area contributed by atoms with Gasteiger partial charge in [0.15, 0.2) is 4.96 Å². The maximum absolute atomic E-state index is 10.3. The summed E-state index contributed by atoms with van der Waals surface area (Å²) in [6.07, 6.45) is 8.22. The third-order valence-corrected chi connectivity index (χ3v) is 4.75. The molecule has 1 saturated carbocycles. The van der Waals surface area contributed by atoms with Crippen LogP contribution >= 0.6 is 11.3 Å². The summed E-state index contributed by atoms with van der Waals surface area (Å²) in [4.78, 5) is 5.55. The number of thiazole rings is 1. The lowest BCUT2D eigenvalue weighted by molar-refractivity contribution is 0.0894. The van der Waals surface area contributed by atoms with E-state index >= 15 is 0 Å². The fourth-order valence-electron chi connectivity index (χ4n) is 2.99. The number of rotatable bonds is 3. The first-order valence-electron chi connectivity index (χ1n) is 6.33. The van der Waals surface area contributed by atoms with Crippen LogP contribution in [0.3, 0.4) is 0 Å². The second kappa shape index (κ2) is 4.42. The van der Waals surface area contributed by atoms with Gasteiger partial charge in [-0.25, -0.2) is 4.98 Å². The van der Waals surface area contributed by atoms with Crippen LogP contribution in [0.1, 0.15) is 31.9 Å². The van der Waals surface area contributed by atoms with Crippen LogP contribution in [0.5, 0.6) is 0 Å². The molecule has 1 fully saturated rings. The van der Waals surface area contributed by atoms with Crippen LogP contribution in [0.25, 0.3) is 4.96 Å². The molecule has 3 unspecified atom stereocenters. The summed E-state index contributed by atoms with van der Waals surface area (Å²) in [5.41, 5.74) is 1.02. The van der Waals surface area contributed by atoms with E-state index in [0.29, 0.717) is 18.3 Å². The Balaban J connectivity index is 1.72. The monoisotopic (exact) mass is 250 g/mol.